The number of fused-ring (bicyclic) bond motifs is 2. The molecule has 7 atom stereocenters. The molecule has 17 heavy (non-hydrogen) atoms. The van der Waals surface area contributed by atoms with Gasteiger partial charge in [0.05, 0.1) is 18.1 Å². The predicted octanol–water partition coefficient (Wildman–Crippen LogP) is 0.595. The molecule has 2 saturated carbocycles. The van der Waals surface area contributed by atoms with Gasteiger partial charge in [-0.15, -0.1) is 0 Å². The van der Waals surface area contributed by atoms with Gasteiger partial charge in [-0.3, -0.25) is 4.79 Å². The van der Waals surface area contributed by atoms with Crippen molar-refractivity contribution in [2.75, 3.05) is 0 Å². The van der Waals surface area contributed by atoms with Crippen LogP contribution in [-0.4, -0.2) is 39.9 Å². The Balaban J connectivity index is 1.86. The van der Waals surface area contributed by atoms with E-state index in [9.17, 15) is 9.90 Å². The third-order valence-electron chi connectivity index (χ3n) is 5.56. The standard InChI is InChI=1S/C13H19NO3/c1-5(2)14-12(16)8-6-4-7-9(8)13(14,3)17-11(7)10(6)15/h5-11,15H,4H2,1-3H3/t6-,7-,8-,9+,10-,11+,13-/m1/s1. The average molecular weight is 237 g/mol. The number of hydrogen-bond donors (Lipinski definition) is 1. The van der Waals surface area contributed by atoms with Crippen molar-refractivity contribution >= 4 is 5.91 Å². The Hall–Kier alpha value is -0.610. The minimum atomic E-state index is -0.461. The lowest BCUT2D eigenvalue weighted by molar-refractivity contribution is -0.177. The fourth-order valence-electron chi connectivity index (χ4n) is 5.27. The Kier molecular flexibility index (Phi) is 1.64. The Labute approximate surface area is 101 Å². The van der Waals surface area contributed by atoms with Crippen molar-refractivity contribution in [3.63, 3.8) is 0 Å². The third-order valence-corrected chi connectivity index (χ3v) is 5.56. The van der Waals surface area contributed by atoms with Crippen LogP contribution in [-0.2, 0) is 9.53 Å². The molecular weight excluding hydrogens is 218 g/mol. The molecule has 0 unspecified atom stereocenters. The van der Waals surface area contributed by atoms with E-state index in [2.05, 4.69) is 0 Å². The maximum absolute atomic E-state index is 12.5. The number of rotatable bonds is 1. The van der Waals surface area contributed by atoms with E-state index in [1.54, 1.807) is 0 Å². The molecule has 2 heterocycles. The van der Waals surface area contributed by atoms with Gasteiger partial charge < -0.3 is 14.7 Å². The molecule has 4 aliphatic rings. The Morgan fingerprint density at radius 3 is 2.82 bits per heavy atom. The average Bonchev–Trinajstić information content (AvgIpc) is 2.84. The molecule has 0 aromatic carbocycles. The zero-order chi connectivity index (χ0) is 12.1. The number of carbonyl (C=O) groups is 1. The van der Waals surface area contributed by atoms with E-state index in [1.807, 2.05) is 25.7 Å². The molecule has 2 aliphatic carbocycles. The first-order valence-corrected chi connectivity index (χ1v) is 6.66. The Bertz CT molecular complexity index is 409. The maximum atomic E-state index is 12.5. The van der Waals surface area contributed by atoms with Crippen LogP contribution in [0.5, 0.6) is 0 Å². The van der Waals surface area contributed by atoms with Crippen LogP contribution < -0.4 is 0 Å². The summed E-state index contributed by atoms with van der Waals surface area (Å²) in [5, 5.41) is 10.2. The van der Waals surface area contributed by atoms with Crippen LogP contribution in [0.4, 0.5) is 0 Å². The van der Waals surface area contributed by atoms with Crippen LogP contribution in [0.15, 0.2) is 0 Å². The van der Waals surface area contributed by atoms with Gasteiger partial charge in [0.2, 0.25) is 5.91 Å². The smallest absolute Gasteiger partial charge is 0.229 e. The fraction of sp³-hybridized carbons (Fsp3) is 0.923. The molecule has 0 aromatic heterocycles. The summed E-state index contributed by atoms with van der Waals surface area (Å²) in [7, 11) is 0. The highest BCUT2D eigenvalue weighted by atomic mass is 16.6. The highest BCUT2D eigenvalue weighted by Crippen LogP contribution is 2.67. The summed E-state index contributed by atoms with van der Waals surface area (Å²) in [6.45, 7) is 6.13. The van der Waals surface area contributed by atoms with Crippen molar-refractivity contribution in [2.45, 2.75) is 51.2 Å². The largest absolute Gasteiger partial charge is 0.390 e. The number of carbonyl (C=O) groups excluding carboxylic acids is 1. The second-order valence-electron chi connectivity index (χ2n) is 6.54. The molecule has 0 spiro atoms. The summed E-state index contributed by atoms with van der Waals surface area (Å²) in [6, 6.07) is 0.174. The Morgan fingerprint density at radius 1 is 1.47 bits per heavy atom. The lowest BCUT2D eigenvalue weighted by atomic mass is 9.77. The van der Waals surface area contributed by atoms with Crippen molar-refractivity contribution < 1.29 is 14.6 Å². The third kappa shape index (κ3) is 0.868. The summed E-state index contributed by atoms with van der Waals surface area (Å²) in [5.41, 5.74) is -0.461. The number of nitrogens with zero attached hydrogens (tertiary/aromatic N) is 1. The zero-order valence-corrected chi connectivity index (χ0v) is 10.5. The highest BCUT2D eigenvalue weighted by molar-refractivity contribution is 5.84. The zero-order valence-electron chi connectivity index (χ0n) is 10.5. The minimum absolute atomic E-state index is 0.0150. The van der Waals surface area contributed by atoms with Crippen LogP contribution in [0.3, 0.4) is 0 Å². The van der Waals surface area contributed by atoms with E-state index in [1.165, 1.54) is 0 Å². The molecular formula is C13H19NO3. The van der Waals surface area contributed by atoms with Gasteiger partial charge in [0, 0.05) is 12.0 Å². The molecule has 0 radical (unpaired) electrons. The molecule has 1 N–H and O–H groups in total. The Morgan fingerprint density at radius 2 is 2.18 bits per heavy atom. The topological polar surface area (TPSA) is 49.8 Å². The van der Waals surface area contributed by atoms with Gasteiger partial charge in [-0.1, -0.05) is 0 Å². The van der Waals surface area contributed by atoms with Gasteiger partial charge in [-0.05, 0) is 39.0 Å². The second kappa shape index (κ2) is 2.69. The molecule has 4 rings (SSSR count). The molecule has 94 valence electrons. The van der Waals surface area contributed by atoms with E-state index >= 15 is 0 Å². The van der Waals surface area contributed by atoms with Crippen LogP contribution in [0.1, 0.15) is 27.2 Å². The molecule has 2 saturated heterocycles. The van der Waals surface area contributed by atoms with Gasteiger partial charge in [0.1, 0.15) is 5.72 Å². The van der Waals surface area contributed by atoms with Crippen molar-refractivity contribution in [2.24, 2.45) is 23.7 Å². The van der Waals surface area contributed by atoms with Crippen LogP contribution >= 0.6 is 0 Å². The van der Waals surface area contributed by atoms with Crippen LogP contribution in [0.2, 0.25) is 0 Å². The lowest BCUT2D eigenvalue weighted by Crippen LogP contribution is -2.52. The van der Waals surface area contributed by atoms with E-state index in [4.69, 9.17) is 4.74 Å². The molecule has 2 bridgehead atoms. The second-order valence-corrected chi connectivity index (χ2v) is 6.54. The van der Waals surface area contributed by atoms with Crippen LogP contribution in [0, 0.1) is 23.7 Å². The summed E-state index contributed by atoms with van der Waals surface area (Å²) >= 11 is 0. The highest BCUT2D eigenvalue weighted by Gasteiger charge is 2.77. The first-order valence-electron chi connectivity index (χ1n) is 6.66. The van der Waals surface area contributed by atoms with E-state index < -0.39 is 11.8 Å². The SMILES string of the molecule is CC(C)N1C(=O)[C@@H]2[C@H]3C[C@H]4[C@H](O[C@]1(C)[C@@H]42)[C@@H]3O. The summed E-state index contributed by atoms with van der Waals surface area (Å²) in [5.74, 6) is 1.08. The monoisotopic (exact) mass is 237 g/mol. The van der Waals surface area contributed by atoms with Gasteiger partial charge in [0.25, 0.3) is 0 Å². The molecule has 0 aromatic rings. The van der Waals surface area contributed by atoms with Gasteiger partial charge in [-0.25, -0.2) is 0 Å². The quantitative estimate of drug-likeness (QED) is 0.726. The number of aliphatic hydroxyl groups excluding tert-OH is 1. The molecule has 1 amide bonds. The number of amides is 1. The van der Waals surface area contributed by atoms with Gasteiger partial charge >= 0.3 is 0 Å². The number of aliphatic hydroxyl groups is 1. The first kappa shape index (κ1) is 10.3. The predicted molar refractivity (Wildman–Crippen MR) is 59.8 cm³/mol. The van der Waals surface area contributed by atoms with Gasteiger partial charge in [-0.2, -0.15) is 0 Å². The van der Waals surface area contributed by atoms with Crippen molar-refractivity contribution in [1.82, 2.24) is 4.90 Å². The molecule has 4 heteroatoms. The molecule has 2 aliphatic heterocycles. The van der Waals surface area contributed by atoms with Crippen molar-refractivity contribution in [3.8, 4) is 0 Å². The van der Waals surface area contributed by atoms with E-state index in [0.717, 1.165) is 6.42 Å². The maximum Gasteiger partial charge on any atom is 0.229 e. The normalized spacial score (nSPS) is 58.9. The minimum Gasteiger partial charge on any atom is -0.390 e. The van der Waals surface area contributed by atoms with Crippen molar-refractivity contribution in [3.05, 3.63) is 0 Å². The molecule has 4 fully saturated rings. The summed E-state index contributed by atoms with van der Waals surface area (Å²) < 4.78 is 6.13. The number of hydrogen-bond acceptors (Lipinski definition) is 3. The summed E-state index contributed by atoms with van der Waals surface area (Å²) in [6.07, 6.45) is 0.538. The van der Waals surface area contributed by atoms with Gasteiger partial charge in [0.15, 0.2) is 0 Å². The number of ether oxygens (including phenoxy) is 1. The summed E-state index contributed by atoms with van der Waals surface area (Å²) in [4.78, 5) is 14.5. The van der Waals surface area contributed by atoms with E-state index in [0.29, 0.717) is 11.8 Å². The number of likely N-dealkylation sites (tertiary alicyclic amines) is 1. The fourth-order valence-corrected chi connectivity index (χ4v) is 5.27. The van der Waals surface area contributed by atoms with E-state index in [-0.39, 0.29) is 29.9 Å². The lowest BCUT2D eigenvalue weighted by Gasteiger charge is -2.38. The van der Waals surface area contributed by atoms with Crippen LogP contribution in [0.25, 0.3) is 0 Å². The van der Waals surface area contributed by atoms with Crippen molar-refractivity contribution in [1.29, 1.82) is 0 Å². The molecule has 4 nitrogen and oxygen atoms in total. The first-order chi connectivity index (χ1) is 7.97.